The molecule has 4 rings (SSSR count). The average Bonchev–Trinajstić information content (AvgIpc) is 3.13. The number of hydrogen-bond donors (Lipinski definition) is 1. The van der Waals surface area contributed by atoms with Gasteiger partial charge in [-0.05, 0) is 30.8 Å². The molecule has 0 unspecified atom stereocenters. The Morgan fingerprint density at radius 2 is 2.14 bits per heavy atom. The Hall–Kier alpha value is -2.28. The number of ether oxygens (including phenoxy) is 2. The van der Waals surface area contributed by atoms with Gasteiger partial charge >= 0.3 is 0 Å². The Kier molecular flexibility index (Phi) is 2.58. The molecular formula is C14H14N4O2S. The van der Waals surface area contributed by atoms with Gasteiger partial charge in [0.05, 0.1) is 11.4 Å². The molecule has 6 nitrogen and oxygen atoms in total. The molecule has 0 atom stereocenters. The van der Waals surface area contributed by atoms with Crippen molar-refractivity contribution in [3.8, 4) is 17.2 Å². The van der Waals surface area contributed by atoms with Crippen LogP contribution in [0.5, 0.6) is 11.5 Å². The lowest BCUT2D eigenvalue weighted by molar-refractivity contribution is 0.174. The van der Waals surface area contributed by atoms with Crippen LogP contribution in [0.2, 0.25) is 0 Å². The summed E-state index contributed by atoms with van der Waals surface area (Å²) in [7, 11) is 1.92. The number of aromatic amines is 1. The van der Waals surface area contributed by atoms with Crippen LogP contribution < -0.4 is 9.47 Å². The molecule has 0 fully saturated rings. The minimum absolute atomic E-state index is 0.262. The molecular weight excluding hydrogens is 288 g/mol. The van der Waals surface area contributed by atoms with Crippen LogP contribution in [0.15, 0.2) is 18.2 Å². The number of nitrogens with zero attached hydrogens (tertiary/aromatic N) is 3. The molecule has 21 heavy (non-hydrogen) atoms. The SMILES string of the molecule is CCc1nn(C)c2c1[nH]c(=S)n2-c1ccc2c(c1)OCO2. The van der Waals surface area contributed by atoms with E-state index in [2.05, 4.69) is 17.0 Å². The van der Waals surface area contributed by atoms with Crippen LogP contribution in [0.4, 0.5) is 0 Å². The van der Waals surface area contributed by atoms with Crippen LogP contribution in [0.3, 0.4) is 0 Å². The molecule has 0 amide bonds. The van der Waals surface area contributed by atoms with Crippen molar-refractivity contribution in [1.29, 1.82) is 0 Å². The summed E-state index contributed by atoms with van der Waals surface area (Å²) in [5.41, 5.74) is 3.89. The third-order valence-corrected chi connectivity index (χ3v) is 3.97. The van der Waals surface area contributed by atoms with E-state index in [0.29, 0.717) is 4.77 Å². The highest BCUT2D eigenvalue weighted by Crippen LogP contribution is 2.34. The van der Waals surface area contributed by atoms with Crippen molar-refractivity contribution in [2.24, 2.45) is 7.05 Å². The maximum absolute atomic E-state index is 5.48. The van der Waals surface area contributed by atoms with E-state index in [-0.39, 0.29) is 6.79 Å². The first kappa shape index (κ1) is 12.5. The molecule has 2 aromatic heterocycles. The first-order valence-electron chi connectivity index (χ1n) is 6.75. The predicted octanol–water partition coefficient (Wildman–Crippen LogP) is 2.71. The summed E-state index contributed by atoms with van der Waals surface area (Å²) in [6.07, 6.45) is 0.855. The van der Waals surface area contributed by atoms with E-state index in [1.165, 1.54) is 0 Å². The third kappa shape index (κ3) is 1.70. The second kappa shape index (κ2) is 4.36. The van der Waals surface area contributed by atoms with Crippen molar-refractivity contribution in [2.75, 3.05) is 6.79 Å². The van der Waals surface area contributed by atoms with Crippen LogP contribution in [0.1, 0.15) is 12.6 Å². The molecule has 3 heterocycles. The maximum atomic E-state index is 5.48. The second-order valence-electron chi connectivity index (χ2n) is 4.93. The van der Waals surface area contributed by atoms with Gasteiger partial charge in [0, 0.05) is 13.1 Å². The van der Waals surface area contributed by atoms with Crippen LogP contribution >= 0.6 is 12.2 Å². The number of aromatic nitrogens is 4. The van der Waals surface area contributed by atoms with Gasteiger partial charge in [0.2, 0.25) is 6.79 Å². The lowest BCUT2D eigenvalue weighted by Gasteiger charge is -2.06. The molecule has 0 bridgehead atoms. The van der Waals surface area contributed by atoms with Crippen molar-refractivity contribution in [2.45, 2.75) is 13.3 Å². The highest BCUT2D eigenvalue weighted by molar-refractivity contribution is 7.71. The minimum atomic E-state index is 0.262. The van der Waals surface area contributed by atoms with Gasteiger partial charge in [-0.1, -0.05) is 6.92 Å². The lowest BCUT2D eigenvalue weighted by Crippen LogP contribution is -2.01. The van der Waals surface area contributed by atoms with Crippen molar-refractivity contribution in [3.05, 3.63) is 28.7 Å². The molecule has 0 radical (unpaired) electrons. The molecule has 1 aliphatic rings. The van der Waals surface area contributed by atoms with Gasteiger partial charge in [0.15, 0.2) is 21.9 Å². The fourth-order valence-electron chi connectivity index (χ4n) is 2.72. The molecule has 0 saturated carbocycles. The Morgan fingerprint density at radius 1 is 1.33 bits per heavy atom. The third-order valence-electron chi connectivity index (χ3n) is 3.69. The largest absolute Gasteiger partial charge is 0.454 e. The van der Waals surface area contributed by atoms with Crippen LogP contribution in [0, 0.1) is 4.77 Å². The van der Waals surface area contributed by atoms with Gasteiger partial charge in [-0.3, -0.25) is 4.57 Å². The smallest absolute Gasteiger partial charge is 0.231 e. The summed E-state index contributed by atoms with van der Waals surface area (Å²) in [5, 5.41) is 4.53. The average molecular weight is 302 g/mol. The quantitative estimate of drug-likeness (QED) is 0.740. The highest BCUT2D eigenvalue weighted by atomic mass is 32.1. The molecule has 108 valence electrons. The molecule has 1 aliphatic heterocycles. The molecule has 0 aliphatic carbocycles. The molecule has 3 aromatic rings. The van der Waals surface area contributed by atoms with Gasteiger partial charge in [-0.2, -0.15) is 5.10 Å². The van der Waals surface area contributed by atoms with Crippen LogP contribution in [0.25, 0.3) is 16.9 Å². The van der Waals surface area contributed by atoms with Gasteiger partial charge in [-0.25, -0.2) is 4.68 Å². The molecule has 0 saturated heterocycles. The van der Waals surface area contributed by atoms with Crippen molar-refractivity contribution < 1.29 is 9.47 Å². The monoisotopic (exact) mass is 302 g/mol. The summed E-state index contributed by atoms with van der Waals surface area (Å²) in [4.78, 5) is 3.26. The van der Waals surface area contributed by atoms with Gasteiger partial charge in [0.25, 0.3) is 0 Å². The zero-order valence-electron chi connectivity index (χ0n) is 11.7. The maximum Gasteiger partial charge on any atom is 0.231 e. The van der Waals surface area contributed by atoms with Crippen molar-refractivity contribution in [3.63, 3.8) is 0 Å². The summed E-state index contributed by atoms with van der Waals surface area (Å²) >= 11 is 5.48. The van der Waals surface area contributed by atoms with Gasteiger partial charge < -0.3 is 14.5 Å². The standard InChI is InChI=1S/C14H14N4O2S/c1-3-9-12-13(17(2)16-9)18(14(21)15-12)8-4-5-10-11(6-8)20-7-19-10/h4-6H,3,7H2,1-2H3,(H,15,21). The number of benzene rings is 1. The minimum Gasteiger partial charge on any atom is -0.454 e. The van der Waals surface area contributed by atoms with E-state index in [0.717, 1.165) is 40.5 Å². The van der Waals surface area contributed by atoms with E-state index in [4.69, 9.17) is 21.7 Å². The Bertz CT molecular complexity index is 906. The number of imidazole rings is 1. The van der Waals surface area contributed by atoms with Crippen molar-refractivity contribution >= 4 is 23.4 Å². The zero-order chi connectivity index (χ0) is 14.6. The molecule has 1 N–H and O–H groups in total. The lowest BCUT2D eigenvalue weighted by atomic mass is 10.2. The Morgan fingerprint density at radius 3 is 2.95 bits per heavy atom. The highest BCUT2D eigenvalue weighted by Gasteiger charge is 2.18. The van der Waals surface area contributed by atoms with E-state index in [1.807, 2.05) is 34.5 Å². The van der Waals surface area contributed by atoms with Crippen molar-refractivity contribution in [1.82, 2.24) is 19.3 Å². The van der Waals surface area contributed by atoms with E-state index in [1.54, 1.807) is 0 Å². The predicted molar refractivity (Wildman–Crippen MR) is 80.7 cm³/mol. The molecule has 0 spiro atoms. The fourth-order valence-corrected chi connectivity index (χ4v) is 3.02. The number of nitrogens with one attached hydrogen (secondary N) is 1. The molecule has 7 heteroatoms. The van der Waals surface area contributed by atoms with E-state index < -0.39 is 0 Å². The molecule has 1 aromatic carbocycles. The first-order valence-corrected chi connectivity index (χ1v) is 7.16. The Balaban J connectivity index is 2.00. The first-order chi connectivity index (χ1) is 10.2. The van der Waals surface area contributed by atoms with Gasteiger partial charge in [0.1, 0.15) is 5.52 Å². The summed E-state index contributed by atoms with van der Waals surface area (Å²) < 4.78 is 15.3. The fraction of sp³-hybridized carbons (Fsp3) is 0.286. The van der Waals surface area contributed by atoms with Crippen LogP contribution in [-0.4, -0.2) is 26.1 Å². The van der Waals surface area contributed by atoms with Gasteiger partial charge in [-0.15, -0.1) is 0 Å². The van der Waals surface area contributed by atoms with Crippen LogP contribution in [-0.2, 0) is 13.5 Å². The van der Waals surface area contributed by atoms with E-state index >= 15 is 0 Å². The Labute approximate surface area is 125 Å². The number of fused-ring (bicyclic) bond motifs is 2. The number of hydrogen-bond acceptors (Lipinski definition) is 4. The normalized spacial score (nSPS) is 13.2. The number of H-pyrrole nitrogens is 1. The number of rotatable bonds is 2. The zero-order valence-corrected chi connectivity index (χ0v) is 12.5. The van der Waals surface area contributed by atoms with E-state index in [9.17, 15) is 0 Å². The second-order valence-corrected chi connectivity index (χ2v) is 5.31. The summed E-state index contributed by atoms with van der Waals surface area (Å²) in [6.45, 7) is 2.34. The summed E-state index contributed by atoms with van der Waals surface area (Å²) in [6, 6.07) is 5.80. The number of aryl methyl sites for hydroxylation is 2. The topological polar surface area (TPSA) is 57.0 Å². The summed E-state index contributed by atoms with van der Waals surface area (Å²) in [5.74, 6) is 1.50.